The number of carbonyl (C=O) groups is 1. The predicted octanol–water partition coefficient (Wildman–Crippen LogP) is 6.38. The summed E-state index contributed by atoms with van der Waals surface area (Å²) >= 11 is 6.00. The fourth-order valence-electron chi connectivity index (χ4n) is 3.89. The van der Waals surface area contributed by atoms with Gasteiger partial charge in [-0.25, -0.2) is 8.42 Å². The number of benzene rings is 4. The lowest BCUT2D eigenvalue weighted by molar-refractivity contribution is -0.114. The molecule has 6 nitrogen and oxygen atoms in total. The molecular formula is C27H21ClN2O4S. The molecule has 0 aliphatic carbocycles. The lowest BCUT2D eigenvalue weighted by Crippen LogP contribution is -2.38. The van der Waals surface area contributed by atoms with E-state index < -0.39 is 22.5 Å². The van der Waals surface area contributed by atoms with Gasteiger partial charge in [-0.2, -0.15) is 0 Å². The summed E-state index contributed by atoms with van der Waals surface area (Å²) in [5.74, 6) is -0.494. The summed E-state index contributed by atoms with van der Waals surface area (Å²) in [7, 11) is -4.01. The van der Waals surface area contributed by atoms with E-state index in [1.165, 1.54) is 12.1 Å². The average Bonchev–Trinajstić information content (AvgIpc) is 3.21. The number of sulfonamides is 1. The molecule has 176 valence electrons. The predicted molar refractivity (Wildman–Crippen MR) is 140 cm³/mol. The van der Waals surface area contributed by atoms with Crippen molar-refractivity contribution in [1.82, 2.24) is 0 Å². The lowest BCUT2D eigenvalue weighted by atomic mass is 10.1. The van der Waals surface area contributed by atoms with Gasteiger partial charge in [0.2, 0.25) is 5.91 Å². The molecule has 1 N–H and O–H groups in total. The minimum Gasteiger partial charge on any atom is -0.456 e. The minimum absolute atomic E-state index is 0.0922. The van der Waals surface area contributed by atoms with Gasteiger partial charge in [0.15, 0.2) is 0 Å². The fraction of sp³-hybridized carbons (Fsp3) is 0.0741. The molecule has 0 atom stereocenters. The molecule has 0 unspecified atom stereocenters. The van der Waals surface area contributed by atoms with E-state index in [1.54, 1.807) is 48.5 Å². The van der Waals surface area contributed by atoms with Crippen molar-refractivity contribution in [2.24, 2.45) is 0 Å². The van der Waals surface area contributed by atoms with E-state index in [0.29, 0.717) is 22.0 Å². The maximum absolute atomic E-state index is 13.5. The van der Waals surface area contributed by atoms with Gasteiger partial charge >= 0.3 is 0 Å². The first-order valence-electron chi connectivity index (χ1n) is 10.9. The van der Waals surface area contributed by atoms with Gasteiger partial charge in [-0.15, -0.1) is 0 Å². The van der Waals surface area contributed by atoms with Crippen LogP contribution in [0.1, 0.15) is 5.56 Å². The van der Waals surface area contributed by atoms with E-state index in [9.17, 15) is 13.2 Å². The zero-order valence-electron chi connectivity index (χ0n) is 18.7. The van der Waals surface area contributed by atoms with E-state index in [2.05, 4.69) is 5.32 Å². The van der Waals surface area contributed by atoms with E-state index in [-0.39, 0.29) is 4.90 Å². The zero-order chi connectivity index (χ0) is 24.6. The van der Waals surface area contributed by atoms with E-state index in [1.807, 2.05) is 37.3 Å². The monoisotopic (exact) mass is 504 g/mol. The number of anilines is 2. The van der Waals surface area contributed by atoms with Gasteiger partial charge in [-0.3, -0.25) is 9.10 Å². The van der Waals surface area contributed by atoms with Crippen molar-refractivity contribution in [3.63, 3.8) is 0 Å². The normalized spacial score (nSPS) is 11.6. The van der Waals surface area contributed by atoms with Crippen LogP contribution in [0.3, 0.4) is 0 Å². The SMILES string of the molecule is Cc1ccc(S(=O)(=O)N(CC(=O)Nc2ccc3c(c2)oc2ccccc23)c2ccc(Cl)cc2)cc1. The molecule has 0 saturated heterocycles. The molecule has 5 aromatic rings. The number of rotatable bonds is 6. The number of hydrogen-bond acceptors (Lipinski definition) is 4. The van der Waals surface area contributed by atoms with Gasteiger partial charge in [0.25, 0.3) is 10.0 Å². The Morgan fingerprint density at radius 1 is 0.886 bits per heavy atom. The number of fused-ring (bicyclic) bond motifs is 3. The summed E-state index contributed by atoms with van der Waals surface area (Å²) in [4.78, 5) is 13.1. The number of aryl methyl sites for hydroxylation is 1. The summed E-state index contributed by atoms with van der Waals surface area (Å²) in [6.45, 7) is 1.45. The lowest BCUT2D eigenvalue weighted by Gasteiger charge is -2.24. The number of para-hydroxylation sites is 1. The average molecular weight is 505 g/mol. The van der Waals surface area contributed by atoms with Crippen LogP contribution in [0.5, 0.6) is 0 Å². The third kappa shape index (κ3) is 4.60. The molecule has 0 bridgehead atoms. The molecule has 0 radical (unpaired) electrons. The molecule has 0 spiro atoms. The van der Waals surface area contributed by atoms with E-state index in [0.717, 1.165) is 26.2 Å². The van der Waals surface area contributed by atoms with Crippen LogP contribution in [0.4, 0.5) is 11.4 Å². The van der Waals surface area contributed by atoms with Gasteiger partial charge in [-0.1, -0.05) is 47.5 Å². The van der Waals surface area contributed by atoms with Crippen molar-refractivity contribution < 1.29 is 17.6 Å². The molecule has 5 rings (SSSR count). The third-order valence-electron chi connectivity index (χ3n) is 5.67. The number of halogens is 1. The second-order valence-electron chi connectivity index (χ2n) is 8.16. The topological polar surface area (TPSA) is 79.6 Å². The van der Waals surface area contributed by atoms with Crippen molar-refractivity contribution in [1.29, 1.82) is 0 Å². The fourth-order valence-corrected chi connectivity index (χ4v) is 5.44. The highest BCUT2D eigenvalue weighted by Crippen LogP contribution is 2.31. The first kappa shape index (κ1) is 23.0. The van der Waals surface area contributed by atoms with Crippen LogP contribution in [0, 0.1) is 6.92 Å². The molecule has 1 heterocycles. The summed E-state index contributed by atoms with van der Waals surface area (Å²) in [5.41, 5.74) is 3.15. The summed E-state index contributed by atoms with van der Waals surface area (Å²) in [5, 5.41) is 5.17. The van der Waals surface area contributed by atoms with Gasteiger partial charge in [0, 0.05) is 27.5 Å². The van der Waals surface area contributed by atoms with E-state index >= 15 is 0 Å². The highest BCUT2D eigenvalue weighted by Gasteiger charge is 2.27. The molecule has 8 heteroatoms. The molecule has 1 aromatic heterocycles. The summed E-state index contributed by atoms with van der Waals surface area (Å²) in [6.07, 6.45) is 0. The largest absolute Gasteiger partial charge is 0.456 e. The van der Waals surface area contributed by atoms with Crippen LogP contribution in [0.25, 0.3) is 21.9 Å². The molecule has 0 aliphatic heterocycles. The Hall–Kier alpha value is -3.81. The Kier molecular flexibility index (Phi) is 5.96. The van der Waals surface area contributed by atoms with Gasteiger partial charge < -0.3 is 9.73 Å². The molecule has 35 heavy (non-hydrogen) atoms. The minimum atomic E-state index is -4.01. The van der Waals surface area contributed by atoms with Gasteiger partial charge in [0.1, 0.15) is 17.7 Å². The van der Waals surface area contributed by atoms with Crippen LogP contribution in [-0.4, -0.2) is 20.9 Å². The number of furan rings is 1. The number of carbonyl (C=O) groups excluding carboxylic acids is 1. The first-order chi connectivity index (χ1) is 16.8. The summed E-state index contributed by atoms with van der Waals surface area (Å²) < 4.78 is 33.9. The number of amides is 1. The third-order valence-corrected chi connectivity index (χ3v) is 7.71. The maximum Gasteiger partial charge on any atom is 0.264 e. The smallest absolute Gasteiger partial charge is 0.264 e. The Morgan fingerprint density at radius 3 is 2.31 bits per heavy atom. The Bertz CT molecular complexity index is 1640. The Labute approximate surface area is 207 Å². The number of hydrogen-bond donors (Lipinski definition) is 1. The van der Waals surface area contributed by atoms with Crippen molar-refractivity contribution in [2.45, 2.75) is 11.8 Å². The van der Waals surface area contributed by atoms with Crippen LogP contribution in [0.2, 0.25) is 5.02 Å². The van der Waals surface area contributed by atoms with Crippen LogP contribution >= 0.6 is 11.6 Å². The van der Waals surface area contributed by atoms with Crippen LogP contribution in [-0.2, 0) is 14.8 Å². The maximum atomic E-state index is 13.5. The molecule has 0 saturated carbocycles. The number of nitrogens with one attached hydrogen (secondary N) is 1. The van der Waals surface area contributed by atoms with Crippen molar-refractivity contribution in [2.75, 3.05) is 16.2 Å². The van der Waals surface area contributed by atoms with E-state index in [4.69, 9.17) is 16.0 Å². The Balaban J connectivity index is 1.44. The Morgan fingerprint density at radius 2 is 1.57 bits per heavy atom. The molecule has 0 fully saturated rings. The van der Waals surface area contributed by atoms with Gasteiger partial charge in [-0.05, 0) is 61.5 Å². The highest BCUT2D eigenvalue weighted by molar-refractivity contribution is 7.92. The van der Waals surface area contributed by atoms with Crippen LogP contribution in [0.15, 0.2) is 100 Å². The summed E-state index contributed by atoms with van der Waals surface area (Å²) in [6, 6.07) is 25.9. The standard InChI is InChI=1S/C27H21ClN2O4S/c1-18-6-13-22(14-7-18)35(32,33)30(21-11-8-19(28)9-12-21)17-27(31)29-20-10-15-24-23-4-2-3-5-25(23)34-26(24)16-20/h2-16H,17H2,1H3,(H,29,31). The second kappa shape index (κ2) is 9.09. The molecular weight excluding hydrogens is 484 g/mol. The zero-order valence-corrected chi connectivity index (χ0v) is 20.3. The first-order valence-corrected chi connectivity index (χ1v) is 12.7. The molecule has 0 aliphatic rings. The quantitative estimate of drug-likeness (QED) is 0.291. The van der Waals surface area contributed by atoms with Gasteiger partial charge in [0.05, 0.1) is 10.6 Å². The highest BCUT2D eigenvalue weighted by atomic mass is 35.5. The molecule has 4 aromatic carbocycles. The van der Waals surface area contributed by atoms with Crippen LogP contribution < -0.4 is 9.62 Å². The number of nitrogens with zero attached hydrogens (tertiary/aromatic N) is 1. The second-order valence-corrected chi connectivity index (χ2v) is 10.5. The molecule has 1 amide bonds. The van der Waals surface area contributed by atoms with Crippen molar-refractivity contribution >= 4 is 60.8 Å². The van der Waals surface area contributed by atoms with Crippen molar-refractivity contribution in [3.05, 3.63) is 102 Å². The van der Waals surface area contributed by atoms with Crippen molar-refractivity contribution in [3.8, 4) is 0 Å².